The molecule has 2 unspecified atom stereocenters. The van der Waals surface area contributed by atoms with Crippen molar-refractivity contribution in [1.82, 2.24) is 14.9 Å². The molecule has 1 heterocycles. The van der Waals surface area contributed by atoms with Gasteiger partial charge in [0.25, 0.3) is 5.91 Å². The largest absolute Gasteiger partial charge is 0.481 e. The molecule has 0 spiro atoms. The first-order valence-corrected chi connectivity index (χ1v) is 7.24. The van der Waals surface area contributed by atoms with E-state index in [1.165, 1.54) is 0 Å². The topological polar surface area (TPSA) is 92.2 Å². The predicted octanol–water partition coefficient (Wildman–Crippen LogP) is 1.47. The van der Waals surface area contributed by atoms with Gasteiger partial charge in [-0.05, 0) is 37.2 Å². The molecule has 1 aromatic heterocycles. The summed E-state index contributed by atoms with van der Waals surface area (Å²) in [6.07, 6.45) is 3.55. The van der Waals surface area contributed by atoms with Gasteiger partial charge in [-0.2, -0.15) is 0 Å². The number of nitrogens with zero attached hydrogens (tertiary/aromatic N) is 2. The van der Waals surface area contributed by atoms with Crippen molar-refractivity contribution in [2.24, 2.45) is 5.92 Å². The summed E-state index contributed by atoms with van der Waals surface area (Å²) in [4.78, 5) is 23.6. The number of aromatic nitrogens is 2. The summed E-state index contributed by atoms with van der Waals surface area (Å²) in [7, 11) is 0. The smallest absolute Gasteiger partial charge is 0.306 e. The van der Waals surface area contributed by atoms with Gasteiger partial charge in [-0.3, -0.25) is 9.59 Å². The summed E-state index contributed by atoms with van der Waals surface area (Å²) in [5.41, 5.74) is 0.702. The monoisotopic (exact) mass is 283 g/mol. The van der Waals surface area contributed by atoms with Crippen LogP contribution in [0.5, 0.6) is 0 Å². The van der Waals surface area contributed by atoms with E-state index in [0.29, 0.717) is 29.8 Å². The average molecular weight is 283 g/mol. The Morgan fingerprint density at radius 3 is 2.95 bits per heavy atom. The van der Waals surface area contributed by atoms with Crippen molar-refractivity contribution in [3.63, 3.8) is 0 Å². The van der Waals surface area contributed by atoms with E-state index in [4.69, 9.17) is 5.11 Å². The maximum Gasteiger partial charge on any atom is 0.306 e. The van der Waals surface area contributed by atoms with E-state index in [1.54, 1.807) is 0 Å². The number of carbonyl (C=O) groups is 2. The lowest BCUT2D eigenvalue weighted by Gasteiger charge is -2.27. The number of nitrogens with one attached hydrogen (secondary N) is 1. The molecule has 19 heavy (non-hydrogen) atoms. The summed E-state index contributed by atoms with van der Waals surface area (Å²) < 4.78 is 3.79. The zero-order chi connectivity index (χ0) is 13.8. The summed E-state index contributed by atoms with van der Waals surface area (Å²) >= 11 is 1.09. The van der Waals surface area contributed by atoms with Gasteiger partial charge < -0.3 is 10.4 Å². The molecular formula is C12H17N3O3S. The van der Waals surface area contributed by atoms with Gasteiger partial charge in [-0.1, -0.05) is 17.8 Å². The highest BCUT2D eigenvalue weighted by atomic mass is 32.1. The maximum absolute atomic E-state index is 12.1. The number of carboxylic acids is 1. The minimum absolute atomic E-state index is 0.0610. The number of hydrogen-bond donors (Lipinski definition) is 2. The van der Waals surface area contributed by atoms with Crippen molar-refractivity contribution in [2.45, 2.75) is 45.1 Å². The van der Waals surface area contributed by atoms with Crippen molar-refractivity contribution in [1.29, 1.82) is 0 Å². The Balaban J connectivity index is 1.97. The quantitative estimate of drug-likeness (QED) is 0.873. The molecule has 1 aromatic rings. The standard InChI is InChI=1S/C12H17N3O3S/c1-2-9-10(19-15-14-9)11(16)13-8-5-3-4-7(6-8)12(17)18/h7-8H,2-6H2,1H3,(H,13,16)(H,17,18). The van der Waals surface area contributed by atoms with Gasteiger partial charge in [0.15, 0.2) is 0 Å². The van der Waals surface area contributed by atoms with E-state index in [2.05, 4.69) is 14.9 Å². The Hall–Kier alpha value is -1.50. The lowest BCUT2D eigenvalue weighted by atomic mass is 9.86. The Kier molecular flexibility index (Phi) is 4.47. The zero-order valence-electron chi connectivity index (χ0n) is 10.8. The molecule has 0 bridgehead atoms. The van der Waals surface area contributed by atoms with E-state index in [0.717, 1.165) is 24.4 Å². The van der Waals surface area contributed by atoms with Crippen molar-refractivity contribution >= 4 is 23.4 Å². The summed E-state index contributed by atoms with van der Waals surface area (Å²) in [5.74, 6) is -1.29. The molecular weight excluding hydrogens is 266 g/mol. The van der Waals surface area contributed by atoms with Crippen LogP contribution in [0.25, 0.3) is 0 Å². The highest BCUT2D eigenvalue weighted by Crippen LogP contribution is 2.25. The lowest BCUT2D eigenvalue weighted by molar-refractivity contribution is -0.143. The molecule has 0 radical (unpaired) electrons. The van der Waals surface area contributed by atoms with Crippen LogP contribution in [0.3, 0.4) is 0 Å². The molecule has 0 aromatic carbocycles. The maximum atomic E-state index is 12.1. The van der Waals surface area contributed by atoms with Crippen molar-refractivity contribution < 1.29 is 14.7 Å². The third-order valence-electron chi connectivity index (χ3n) is 3.46. The van der Waals surface area contributed by atoms with Gasteiger partial charge in [0, 0.05) is 6.04 Å². The van der Waals surface area contributed by atoms with Crippen LogP contribution in [0.1, 0.15) is 48.0 Å². The predicted molar refractivity (Wildman–Crippen MR) is 70.1 cm³/mol. The number of aryl methyl sites for hydroxylation is 1. The molecule has 2 atom stereocenters. The highest BCUT2D eigenvalue weighted by molar-refractivity contribution is 7.08. The third kappa shape index (κ3) is 3.28. The SMILES string of the molecule is CCc1nnsc1C(=O)NC1CCCC(C(=O)O)C1. The van der Waals surface area contributed by atoms with E-state index >= 15 is 0 Å². The van der Waals surface area contributed by atoms with E-state index in [9.17, 15) is 9.59 Å². The fourth-order valence-electron chi connectivity index (χ4n) is 2.41. The number of carbonyl (C=O) groups excluding carboxylic acids is 1. The van der Waals surface area contributed by atoms with E-state index < -0.39 is 5.97 Å². The minimum atomic E-state index is -0.771. The normalized spacial score (nSPS) is 23.0. The van der Waals surface area contributed by atoms with Crippen LogP contribution in [0.15, 0.2) is 0 Å². The molecule has 7 heteroatoms. The molecule has 104 valence electrons. The van der Waals surface area contributed by atoms with Crippen LogP contribution in [0.2, 0.25) is 0 Å². The molecule has 2 rings (SSSR count). The minimum Gasteiger partial charge on any atom is -0.481 e. The zero-order valence-corrected chi connectivity index (χ0v) is 11.6. The molecule has 2 N–H and O–H groups in total. The number of hydrogen-bond acceptors (Lipinski definition) is 5. The van der Waals surface area contributed by atoms with E-state index in [1.807, 2.05) is 6.92 Å². The van der Waals surface area contributed by atoms with Crippen LogP contribution in [0, 0.1) is 5.92 Å². The van der Waals surface area contributed by atoms with Gasteiger partial charge in [0.1, 0.15) is 4.88 Å². The second kappa shape index (κ2) is 6.10. The molecule has 0 saturated heterocycles. The number of carboxylic acid groups (broad SMARTS) is 1. The Morgan fingerprint density at radius 2 is 2.26 bits per heavy atom. The number of aliphatic carboxylic acids is 1. The van der Waals surface area contributed by atoms with Crippen LogP contribution in [0.4, 0.5) is 0 Å². The summed E-state index contributed by atoms with van der Waals surface area (Å²) in [5, 5.41) is 15.8. The molecule has 1 saturated carbocycles. The van der Waals surface area contributed by atoms with Crippen molar-refractivity contribution in [3.8, 4) is 0 Å². The second-order valence-corrected chi connectivity index (χ2v) is 5.53. The molecule has 1 fully saturated rings. The Morgan fingerprint density at radius 1 is 1.47 bits per heavy atom. The Bertz CT molecular complexity index is 475. The highest BCUT2D eigenvalue weighted by Gasteiger charge is 2.28. The molecule has 0 aliphatic heterocycles. The van der Waals surface area contributed by atoms with Crippen LogP contribution in [-0.4, -0.2) is 32.6 Å². The fraction of sp³-hybridized carbons (Fsp3) is 0.667. The molecule has 6 nitrogen and oxygen atoms in total. The summed E-state index contributed by atoms with van der Waals surface area (Å²) in [6.45, 7) is 1.93. The van der Waals surface area contributed by atoms with Gasteiger partial charge >= 0.3 is 5.97 Å². The first kappa shape index (κ1) is 13.9. The van der Waals surface area contributed by atoms with Gasteiger partial charge in [-0.25, -0.2) is 0 Å². The number of rotatable bonds is 4. The van der Waals surface area contributed by atoms with Crippen LogP contribution < -0.4 is 5.32 Å². The Labute approximate surface area is 115 Å². The third-order valence-corrected chi connectivity index (χ3v) is 4.22. The molecule has 1 amide bonds. The van der Waals surface area contributed by atoms with Crippen LogP contribution >= 0.6 is 11.5 Å². The summed E-state index contributed by atoms with van der Waals surface area (Å²) in [6, 6.07) is -0.0610. The van der Waals surface area contributed by atoms with Crippen molar-refractivity contribution in [2.75, 3.05) is 0 Å². The van der Waals surface area contributed by atoms with Crippen molar-refractivity contribution in [3.05, 3.63) is 10.6 Å². The first-order chi connectivity index (χ1) is 9.11. The average Bonchev–Trinajstić information content (AvgIpc) is 2.87. The molecule has 1 aliphatic rings. The number of amides is 1. The lowest BCUT2D eigenvalue weighted by Crippen LogP contribution is -2.39. The van der Waals surface area contributed by atoms with Gasteiger partial charge in [0.05, 0.1) is 11.6 Å². The fourth-order valence-corrected chi connectivity index (χ4v) is 3.06. The van der Waals surface area contributed by atoms with Crippen LogP contribution in [-0.2, 0) is 11.2 Å². The van der Waals surface area contributed by atoms with Gasteiger partial charge in [-0.15, -0.1) is 5.10 Å². The first-order valence-electron chi connectivity index (χ1n) is 6.46. The van der Waals surface area contributed by atoms with E-state index in [-0.39, 0.29) is 17.9 Å². The van der Waals surface area contributed by atoms with Gasteiger partial charge in [0.2, 0.25) is 0 Å². The molecule has 1 aliphatic carbocycles. The second-order valence-electron chi connectivity index (χ2n) is 4.77.